The molecule has 0 bridgehead atoms. The molecule has 4 heteroatoms. The first-order valence-electron chi connectivity index (χ1n) is 9.56. The molecule has 26 heavy (non-hydrogen) atoms. The van der Waals surface area contributed by atoms with Crippen LogP contribution in [0.4, 0.5) is 5.69 Å². The van der Waals surface area contributed by atoms with Gasteiger partial charge in [-0.15, -0.1) is 0 Å². The van der Waals surface area contributed by atoms with Gasteiger partial charge in [0.15, 0.2) is 0 Å². The first-order valence-corrected chi connectivity index (χ1v) is 9.56. The number of carbonyl (C=O) groups is 1. The van der Waals surface area contributed by atoms with Crippen LogP contribution in [0.3, 0.4) is 0 Å². The molecule has 3 rings (SSSR count). The van der Waals surface area contributed by atoms with E-state index in [4.69, 9.17) is 0 Å². The lowest BCUT2D eigenvalue weighted by molar-refractivity contribution is 0.0746. The first kappa shape index (κ1) is 18.4. The van der Waals surface area contributed by atoms with Crippen molar-refractivity contribution in [2.45, 2.75) is 39.5 Å². The van der Waals surface area contributed by atoms with E-state index < -0.39 is 0 Å². The van der Waals surface area contributed by atoms with Gasteiger partial charge < -0.3 is 9.80 Å². The maximum Gasteiger partial charge on any atom is 0.255 e. The van der Waals surface area contributed by atoms with E-state index in [1.54, 1.807) is 12.4 Å². The van der Waals surface area contributed by atoms with Gasteiger partial charge in [-0.2, -0.15) is 0 Å². The van der Waals surface area contributed by atoms with Crippen molar-refractivity contribution >= 4 is 11.6 Å². The molecule has 1 saturated heterocycles. The maximum absolute atomic E-state index is 12.7. The van der Waals surface area contributed by atoms with Crippen molar-refractivity contribution in [2.75, 3.05) is 31.1 Å². The van der Waals surface area contributed by atoms with Crippen molar-refractivity contribution in [3.63, 3.8) is 0 Å². The summed E-state index contributed by atoms with van der Waals surface area (Å²) in [5.41, 5.74) is 4.86. The van der Waals surface area contributed by atoms with Crippen molar-refractivity contribution in [3.8, 4) is 0 Å². The Hall–Kier alpha value is -2.36. The molecule has 0 unspecified atom stereocenters. The summed E-state index contributed by atoms with van der Waals surface area (Å²) in [5.74, 6) is 1.05. The largest absolute Gasteiger partial charge is 0.368 e. The average Bonchev–Trinajstić information content (AvgIpc) is 2.67. The standard InChI is InChI=1S/C22H29N3O/c1-16(2)19-8-5-9-20(17(3)4)21(19)24-11-13-25(14-12-24)22(26)18-7-6-10-23-15-18/h5-10,15-17H,11-14H2,1-4H3. The third-order valence-corrected chi connectivity index (χ3v) is 5.13. The number of aromatic nitrogens is 1. The van der Waals surface area contributed by atoms with Gasteiger partial charge in [0.25, 0.3) is 5.91 Å². The molecule has 4 nitrogen and oxygen atoms in total. The molecule has 2 heterocycles. The van der Waals surface area contributed by atoms with Crippen molar-refractivity contribution in [1.82, 2.24) is 9.88 Å². The van der Waals surface area contributed by atoms with E-state index in [1.165, 1.54) is 16.8 Å². The lowest BCUT2D eigenvalue weighted by Gasteiger charge is -2.39. The first-order chi connectivity index (χ1) is 12.5. The minimum absolute atomic E-state index is 0.0824. The molecule has 1 aliphatic heterocycles. The topological polar surface area (TPSA) is 36.4 Å². The number of hydrogen-bond donors (Lipinski definition) is 0. The van der Waals surface area contributed by atoms with Crippen LogP contribution >= 0.6 is 0 Å². The Balaban J connectivity index is 1.79. The summed E-state index contributed by atoms with van der Waals surface area (Å²) in [4.78, 5) is 21.1. The molecule has 1 fully saturated rings. The molecule has 2 aromatic rings. The molecule has 0 saturated carbocycles. The van der Waals surface area contributed by atoms with Gasteiger partial charge in [-0.25, -0.2) is 0 Å². The molecule has 138 valence electrons. The van der Waals surface area contributed by atoms with Crippen LogP contribution in [0.15, 0.2) is 42.7 Å². The van der Waals surface area contributed by atoms with Crippen LogP contribution in [-0.2, 0) is 0 Å². The van der Waals surface area contributed by atoms with Crippen LogP contribution < -0.4 is 4.90 Å². The molecule has 1 aromatic heterocycles. The molecule has 1 aliphatic rings. The van der Waals surface area contributed by atoms with Crippen LogP contribution in [0.1, 0.15) is 61.0 Å². The molecule has 0 aliphatic carbocycles. The van der Waals surface area contributed by atoms with Gasteiger partial charge in [0, 0.05) is 44.3 Å². The fourth-order valence-corrected chi connectivity index (χ4v) is 3.68. The number of para-hydroxylation sites is 1. The van der Waals surface area contributed by atoms with E-state index in [0.717, 1.165) is 26.2 Å². The predicted octanol–water partition coefficient (Wildman–Crippen LogP) is 4.29. The average molecular weight is 351 g/mol. The number of amides is 1. The van der Waals surface area contributed by atoms with Gasteiger partial charge in [-0.1, -0.05) is 45.9 Å². The minimum atomic E-state index is 0.0824. The Morgan fingerprint density at radius 3 is 2.04 bits per heavy atom. The second-order valence-electron chi connectivity index (χ2n) is 7.62. The van der Waals surface area contributed by atoms with Crippen molar-refractivity contribution in [1.29, 1.82) is 0 Å². The zero-order valence-corrected chi connectivity index (χ0v) is 16.3. The fraction of sp³-hybridized carbons (Fsp3) is 0.455. The number of anilines is 1. The SMILES string of the molecule is CC(C)c1cccc(C(C)C)c1N1CCN(C(=O)c2cccnc2)CC1. The number of pyridine rings is 1. The molecular formula is C22H29N3O. The summed E-state index contributed by atoms with van der Waals surface area (Å²) >= 11 is 0. The fourth-order valence-electron chi connectivity index (χ4n) is 3.68. The van der Waals surface area contributed by atoms with Gasteiger partial charge in [0.1, 0.15) is 0 Å². The van der Waals surface area contributed by atoms with Gasteiger partial charge >= 0.3 is 0 Å². The summed E-state index contributed by atoms with van der Waals surface area (Å²) in [6.07, 6.45) is 3.35. The molecule has 0 atom stereocenters. The van der Waals surface area contributed by atoms with Gasteiger partial charge in [-0.3, -0.25) is 9.78 Å². The lowest BCUT2D eigenvalue weighted by atomic mass is 9.91. The zero-order chi connectivity index (χ0) is 18.7. The third kappa shape index (κ3) is 3.74. The Morgan fingerprint density at radius 2 is 1.54 bits per heavy atom. The van der Waals surface area contributed by atoms with Gasteiger partial charge in [0.05, 0.1) is 5.56 Å². The van der Waals surface area contributed by atoms with Crippen LogP contribution in [0.5, 0.6) is 0 Å². The number of hydrogen-bond acceptors (Lipinski definition) is 3. The van der Waals surface area contributed by atoms with E-state index in [-0.39, 0.29) is 5.91 Å². The maximum atomic E-state index is 12.7. The van der Waals surface area contributed by atoms with Crippen LogP contribution in [0.25, 0.3) is 0 Å². The highest BCUT2D eigenvalue weighted by Crippen LogP contribution is 2.35. The van der Waals surface area contributed by atoms with E-state index in [0.29, 0.717) is 17.4 Å². The second-order valence-corrected chi connectivity index (χ2v) is 7.62. The second kappa shape index (κ2) is 7.90. The predicted molar refractivity (Wildman–Crippen MR) is 107 cm³/mol. The smallest absolute Gasteiger partial charge is 0.255 e. The summed E-state index contributed by atoms with van der Waals surface area (Å²) < 4.78 is 0. The highest BCUT2D eigenvalue weighted by Gasteiger charge is 2.26. The molecular weight excluding hydrogens is 322 g/mol. The third-order valence-electron chi connectivity index (χ3n) is 5.13. The summed E-state index contributed by atoms with van der Waals surface area (Å²) in [6, 6.07) is 10.3. The van der Waals surface area contributed by atoms with Gasteiger partial charge in [0.2, 0.25) is 0 Å². The number of piperazine rings is 1. The molecule has 0 N–H and O–H groups in total. The van der Waals surface area contributed by atoms with Crippen LogP contribution in [0.2, 0.25) is 0 Å². The number of carbonyl (C=O) groups excluding carboxylic acids is 1. The highest BCUT2D eigenvalue weighted by molar-refractivity contribution is 5.94. The van der Waals surface area contributed by atoms with Crippen molar-refractivity contribution in [3.05, 3.63) is 59.4 Å². The van der Waals surface area contributed by atoms with Gasteiger partial charge in [-0.05, 0) is 35.1 Å². The van der Waals surface area contributed by atoms with E-state index >= 15 is 0 Å². The molecule has 1 aromatic carbocycles. The highest BCUT2D eigenvalue weighted by atomic mass is 16.2. The lowest BCUT2D eigenvalue weighted by Crippen LogP contribution is -2.49. The monoisotopic (exact) mass is 351 g/mol. The minimum Gasteiger partial charge on any atom is -0.368 e. The Labute approximate surface area is 156 Å². The Bertz CT molecular complexity index is 721. The molecule has 0 radical (unpaired) electrons. The van der Waals surface area contributed by atoms with E-state index in [9.17, 15) is 4.79 Å². The summed E-state index contributed by atoms with van der Waals surface area (Å²) in [7, 11) is 0. The Morgan fingerprint density at radius 1 is 0.923 bits per heavy atom. The molecule has 1 amide bonds. The van der Waals surface area contributed by atoms with Crippen molar-refractivity contribution < 1.29 is 4.79 Å². The van der Waals surface area contributed by atoms with Crippen LogP contribution in [-0.4, -0.2) is 42.0 Å². The van der Waals surface area contributed by atoms with Crippen LogP contribution in [0, 0.1) is 0 Å². The zero-order valence-electron chi connectivity index (χ0n) is 16.3. The normalized spacial score (nSPS) is 15.0. The van der Waals surface area contributed by atoms with E-state index in [2.05, 4.69) is 55.8 Å². The van der Waals surface area contributed by atoms with Crippen molar-refractivity contribution in [2.24, 2.45) is 0 Å². The number of nitrogens with zero attached hydrogens (tertiary/aromatic N) is 3. The quantitative estimate of drug-likeness (QED) is 0.824. The summed E-state index contributed by atoms with van der Waals surface area (Å²) in [6.45, 7) is 12.3. The summed E-state index contributed by atoms with van der Waals surface area (Å²) in [5, 5.41) is 0. The number of benzene rings is 1. The van der Waals surface area contributed by atoms with E-state index in [1.807, 2.05) is 17.0 Å². The molecule has 0 spiro atoms. The number of rotatable bonds is 4. The Kier molecular flexibility index (Phi) is 5.60.